The first-order valence-electron chi connectivity index (χ1n) is 6.31. The predicted molar refractivity (Wildman–Crippen MR) is 78.6 cm³/mol. The standard InChI is InChI=1S/C14H21ClN2O/c1-4-5-6-7-14(18)16-12-10-11(15)8-9-13(12)17(2)3/h8-10H,4-7H2,1-3H3,(H,16,18). The van der Waals surface area contributed by atoms with Crippen molar-refractivity contribution in [2.75, 3.05) is 24.3 Å². The zero-order valence-electron chi connectivity index (χ0n) is 11.3. The van der Waals surface area contributed by atoms with Crippen LogP contribution in [-0.2, 0) is 4.79 Å². The molecule has 0 radical (unpaired) electrons. The van der Waals surface area contributed by atoms with Crippen molar-refractivity contribution in [1.82, 2.24) is 0 Å². The molecule has 100 valence electrons. The van der Waals surface area contributed by atoms with E-state index in [1.165, 1.54) is 0 Å². The average molecular weight is 269 g/mol. The molecule has 0 unspecified atom stereocenters. The molecule has 0 saturated carbocycles. The van der Waals surface area contributed by atoms with Crippen molar-refractivity contribution in [3.05, 3.63) is 23.2 Å². The van der Waals surface area contributed by atoms with Crippen LogP contribution in [0.2, 0.25) is 5.02 Å². The van der Waals surface area contributed by atoms with Crippen molar-refractivity contribution in [3.8, 4) is 0 Å². The fraction of sp³-hybridized carbons (Fsp3) is 0.500. The minimum Gasteiger partial charge on any atom is -0.376 e. The maximum atomic E-state index is 11.8. The number of nitrogens with zero attached hydrogens (tertiary/aromatic N) is 1. The molecule has 3 nitrogen and oxygen atoms in total. The van der Waals surface area contributed by atoms with Crippen molar-refractivity contribution < 1.29 is 4.79 Å². The lowest BCUT2D eigenvalue weighted by Crippen LogP contribution is -2.16. The number of rotatable bonds is 6. The summed E-state index contributed by atoms with van der Waals surface area (Å²) < 4.78 is 0. The summed E-state index contributed by atoms with van der Waals surface area (Å²) in [6.07, 6.45) is 3.70. The van der Waals surface area contributed by atoms with Crippen molar-refractivity contribution in [1.29, 1.82) is 0 Å². The largest absolute Gasteiger partial charge is 0.376 e. The Morgan fingerprint density at radius 1 is 1.33 bits per heavy atom. The highest BCUT2D eigenvalue weighted by Gasteiger charge is 2.08. The van der Waals surface area contributed by atoms with Crippen molar-refractivity contribution >= 4 is 28.9 Å². The van der Waals surface area contributed by atoms with Crippen LogP contribution >= 0.6 is 11.6 Å². The molecule has 1 N–H and O–H groups in total. The van der Waals surface area contributed by atoms with Crippen LogP contribution in [0.4, 0.5) is 11.4 Å². The highest BCUT2D eigenvalue weighted by Crippen LogP contribution is 2.27. The van der Waals surface area contributed by atoms with Gasteiger partial charge in [-0.1, -0.05) is 31.4 Å². The Kier molecular flexibility index (Phi) is 5.99. The van der Waals surface area contributed by atoms with E-state index in [0.29, 0.717) is 11.4 Å². The molecular weight excluding hydrogens is 248 g/mol. The third-order valence-corrected chi connectivity index (χ3v) is 2.96. The second-order valence-corrected chi connectivity index (χ2v) is 5.00. The number of carbonyl (C=O) groups excluding carboxylic acids is 1. The minimum absolute atomic E-state index is 0.0498. The van der Waals surface area contributed by atoms with Crippen LogP contribution in [0.3, 0.4) is 0 Å². The quantitative estimate of drug-likeness (QED) is 0.793. The molecule has 4 heteroatoms. The van der Waals surface area contributed by atoms with Crippen LogP contribution in [-0.4, -0.2) is 20.0 Å². The molecule has 18 heavy (non-hydrogen) atoms. The van der Waals surface area contributed by atoms with Gasteiger partial charge in [-0.15, -0.1) is 0 Å². The molecule has 0 aliphatic rings. The van der Waals surface area contributed by atoms with Crippen LogP contribution in [0.25, 0.3) is 0 Å². The van der Waals surface area contributed by atoms with Crippen LogP contribution in [0.5, 0.6) is 0 Å². The maximum Gasteiger partial charge on any atom is 0.224 e. The van der Waals surface area contributed by atoms with Gasteiger partial charge in [0.25, 0.3) is 0 Å². The van der Waals surface area contributed by atoms with E-state index in [-0.39, 0.29) is 5.91 Å². The number of carbonyl (C=O) groups is 1. The molecule has 0 spiro atoms. The fourth-order valence-electron chi connectivity index (χ4n) is 1.75. The Morgan fingerprint density at radius 3 is 2.67 bits per heavy atom. The highest BCUT2D eigenvalue weighted by atomic mass is 35.5. The van der Waals surface area contributed by atoms with Gasteiger partial charge in [-0.3, -0.25) is 4.79 Å². The van der Waals surface area contributed by atoms with Gasteiger partial charge in [0.15, 0.2) is 0 Å². The Labute approximate surface area is 114 Å². The van der Waals surface area contributed by atoms with Gasteiger partial charge < -0.3 is 10.2 Å². The Balaban J connectivity index is 2.70. The molecule has 1 amide bonds. The summed E-state index contributed by atoms with van der Waals surface area (Å²) in [6.45, 7) is 2.12. The molecule has 0 aliphatic carbocycles. The first-order chi connectivity index (χ1) is 8.54. The summed E-state index contributed by atoms with van der Waals surface area (Å²) in [5.74, 6) is 0.0498. The number of benzene rings is 1. The maximum absolute atomic E-state index is 11.8. The van der Waals surface area contributed by atoms with E-state index in [1.807, 2.05) is 31.1 Å². The number of hydrogen-bond acceptors (Lipinski definition) is 2. The Bertz CT molecular complexity index is 405. The molecule has 0 heterocycles. The van der Waals surface area contributed by atoms with E-state index in [0.717, 1.165) is 30.6 Å². The van der Waals surface area contributed by atoms with Gasteiger partial charge >= 0.3 is 0 Å². The lowest BCUT2D eigenvalue weighted by molar-refractivity contribution is -0.116. The van der Waals surface area contributed by atoms with Crippen LogP contribution < -0.4 is 10.2 Å². The number of unbranched alkanes of at least 4 members (excludes halogenated alkanes) is 2. The second-order valence-electron chi connectivity index (χ2n) is 4.56. The summed E-state index contributed by atoms with van der Waals surface area (Å²) in [6, 6.07) is 5.52. The molecule has 0 aliphatic heterocycles. The second kappa shape index (κ2) is 7.27. The molecule has 0 aromatic heterocycles. The van der Waals surface area contributed by atoms with Gasteiger partial charge in [0.05, 0.1) is 11.4 Å². The summed E-state index contributed by atoms with van der Waals surface area (Å²) in [7, 11) is 3.88. The van der Waals surface area contributed by atoms with Crippen molar-refractivity contribution in [2.24, 2.45) is 0 Å². The number of nitrogens with one attached hydrogen (secondary N) is 1. The van der Waals surface area contributed by atoms with Gasteiger partial charge in [-0.2, -0.15) is 0 Å². The summed E-state index contributed by atoms with van der Waals surface area (Å²) in [5.41, 5.74) is 1.73. The number of anilines is 2. The lowest BCUT2D eigenvalue weighted by atomic mass is 10.2. The first kappa shape index (κ1) is 14.8. The van der Waals surface area contributed by atoms with E-state index in [9.17, 15) is 4.79 Å². The monoisotopic (exact) mass is 268 g/mol. The van der Waals surface area contributed by atoms with Gasteiger partial charge in [0.1, 0.15) is 0 Å². The van der Waals surface area contributed by atoms with Crippen molar-refractivity contribution in [3.63, 3.8) is 0 Å². The number of halogens is 1. The first-order valence-corrected chi connectivity index (χ1v) is 6.69. The smallest absolute Gasteiger partial charge is 0.224 e. The van der Waals surface area contributed by atoms with Crippen molar-refractivity contribution in [2.45, 2.75) is 32.6 Å². The van der Waals surface area contributed by atoms with Crippen LogP contribution in [0.1, 0.15) is 32.6 Å². The Hall–Kier alpha value is -1.22. The normalized spacial score (nSPS) is 10.2. The summed E-state index contributed by atoms with van der Waals surface area (Å²) in [4.78, 5) is 13.8. The molecule has 0 fully saturated rings. The highest BCUT2D eigenvalue weighted by molar-refractivity contribution is 6.31. The fourth-order valence-corrected chi connectivity index (χ4v) is 1.92. The van der Waals surface area contributed by atoms with E-state index >= 15 is 0 Å². The van der Waals surface area contributed by atoms with E-state index in [4.69, 9.17) is 11.6 Å². The van der Waals surface area contributed by atoms with Crippen LogP contribution in [0, 0.1) is 0 Å². The van der Waals surface area contributed by atoms with Crippen LogP contribution in [0.15, 0.2) is 18.2 Å². The number of amides is 1. The molecule has 0 saturated heterocycles. The molecule has 1 rings (SSSR count). The topological polar surface area (TPSA) is 32.3 Å². The molecule has 1 aromatic rings. The molecule has 1 aromatic carbocycles. The van der Waals surface area contributed by atoms with E-state index < -0.39 is 0 Å². The summed E-state index contributed by atoms with van der Waals surface area (Å²) >= 11 is 5.96. The third-order valence-electron chi connectivity index (χ3n) is 2.72. The van der Waals surface area contributed by atoms with E-state index in [1.54, 1.807) is 6.07 Å². The zero-order valence-corrected chi connectivity index (χ0v) is 12.0. The SMILES string of the molecule is CCCCCC(=O)Nc1cc(Cl)ccc1N(C)C. The van der Waals surface area contributed by atoms with Gasteiger partial charge in [-0.05, 0) is 24.6 Å². The Morgan fingerprint density at radius 2 is 2.06 bits per heavy atom. The third kappa shape index (κ3) is 4.57. The minimum atomic E-state index is 0.0498. The van der Waals surface area contributed by atoms with Gasteiger partial charge in [-0.25, -0.2) is 0 Å². The van der Waals surface area contributed by atoms with Gasteiger partial charge in [0, 0.05) is 25.5 Å². The summed E-state index contributed by atoms with van der Waals surface area (Å²) in [5, 5.41) is 3.56. The average Bonchev–Trinajstić information content (AvgIpc) is 2.29. The predicted octanol–water partition coefficient (Wildman–Crippen LogP) is 3.92. The molecule has 0 bridgehead atoms. The van der Waals surface area contributed by atoms with Gasteiger partial charge in [0.2, 0.25) is 5.91 Å². The van der Waals surface area contributed by atoms with E-state index in [2.05, 4.69) is 12.2 Å². The lowest BCUT2D eigenvalue weighted by Gasteiger charge is -2.18. The zero-order chi connectivity index (χ0) is 13.5. The molecular formula is C14H21ClN2O. The number of hydrogen-bond donors (Lipinski definition) is 1. The molecule has 0 atom stereocenters.